The van der Waals surface area contributed by atoms with Crippen molar-refractivity contribution in [3.63, 3.8) is 0 Å². The van der Waals surface area contributed by atoms with Gasteiger partial charge in [-0.05, 0) is 23.3 Å². The van der Waals surface area contributed by atoms with Gasteiger partial charge in [0.25, 0.3) is 5.91 Å². The number of imide groups is 1. The lowest BCUT2D eigenvalue weighted by Crippen LogP contribution is -2.49. The summed E-state index contributed by atoms with van der Waals surface area (Å²) >= 11 is 0.943. The molecule has 4 amide bonds. The van der Waals surface area contributed by atoms with Crippen molar-refractivity contribution in [2.45, 2.75) is 18.5 Å². The van der Waals surface area contributed by atoms with Gasteiger partial charge in [-0.3, -0.25) is 9.59 Å². The molecular formula is C24H23N5O5S. The predicted molar refractivity (Wildman–Crippen MR) is 131 cm³/mol. The van der Waals surface area contributed by atoms with Gasteiger partial charge in [0.2, 0.25) is 5.91 Å². The molecule has 1 aliphatic rings. The van der Waals surface area contributed by atoms with Crippen molar-refractivity contribution in [2.24, 2.45) is 0 Å². The molecule has 2 aromatic carbocycles. The molecule has 11 heteroatoms. The third kappa shape index (κ3) is 5.14. The summed E-state index contributed by atoms with van der Waals surface area (Å²) in [6.07, 6.45) is 0.0787. The summed E-state index contributed by atoms with van der Waals surface area (Å²) in [5.74, 6) is -2.42. The monoisotopic (exact) mass is 493 g/mol. The van der Waals surface area contributed by atoms with Crippen LogP contribution < -0.4 is 15.5 Å². The van der Waals surface area contributed by atoms with E-state index < -0.39 is 35.9 Å². The molecule has 0 spiro atoms. The van der Waals surface area contributed by atoms with Crippen LogP contribution in [-0.4, -0.2) is 58.9 Å². The number of carbonyl (C=O) groups is 4. The number of aromatic carboxylic acids is 1. The summed E-state index contributed by atoms with van der Waals surface area (Å²) in [5.41, 5.74) is 2.08. The molecule has 1 unspecified atom stereocenters. The minimum atomic E-state index is -1.22. The number of thiazole rings is 1. The van der Waals surface area contributed by atoms with Crippen LogP contribution in [0.2, 0.25) is 0 Å². The lowest BCUT2D eigenvalue weighted by atomic mass is 10.0. The molecule has 0 aliphatic carbocycles. The molecule has 1 fully saturated rings. The number of nitrogens with zero attached hydrogens (tertiary/aromatic N) is 3. The summed E-state index contributed by atoms with van der Waals surface area (Å²) in [5, 5.41) is 15.7. The second kappa shape index (κ2) is 9.94. The van der Waals surface area contributed by atoms with E-state index in [2.05, 4.69) is 15.6 Å². The van der Waals surface area contributed by atoms with Crippen LogP contribution in [0.15, 0.2) is 60.0 Å². The zero-order valence-electron chi connectivity index (χ0n) is 19.0. The third-order valence-corrected chi connectivity index (χ3v) is 6.31. The number of carboxylic acid groups (broad SMARTS) is 1. The fourth-order valence-corrected chi connectivity index (χ4v) is 4.42. The van der Waals surface area contributed by atoms with Gasteiger partial charge in [0.15, 0.2) is 10.8 Å². The fraction of sp³-hybridized carbons (Fsp3) is 0.208. The fourth-order valence-electron chi connectivity index (χ4n) is 3.74. The zero-order chi connectivity index (χ0) is 25.1. The second-order valence-corrected chi connectivity index (χ2v) is 8.97. The standard InChI is InChI=1S/C24H23N5O5S/c1-28(2)16-10-8-15(9-11-16)19-21(31)29(24(34)26-19)18(12-14-6-4-3-5-7-14)20(30)27-23-25-17(13-35-23)22(32)33/h3-11,13,18-19H,12H2,1-2H3,(H,26,34)(H,32,33)(H,25,27,30)/t18-,19?/m0/s1. The number of rotatable bonds is 8. The van der Waals surface area contributed by atoms with E-state index in [4.69, 9.17) is 5.11 Å². The van der Waals surface area contributed by atoms with Crippen LogP contribution in [0.1, 0.15) is 27.7 Å². The topological polar surface area (TPSA) is 132 Å². The first-order valence-electron chi connectivity index (χ1n) is 10.7. The number of aromatic nitrogens is 1. The average molecular weight is 494 g/mol. The Labute approximate surface area is 205 Å². The van der Waals surface area contributed by atoms with Crippen LogP contribution in [0.5, 0.6) is 0 Å². The van der Waals surface area contributed by atoms with Crippen LogP contribution in [0.3, 0.4) is 0 Å². The second-order valence-electron chi connectivity index (χ2n) is 8.11. The Morgan fingerprint density at radius 1 is 1.14 bits per heavy atom. The van der Waals surface area contributed by atoms with Gasteiger partial charge in [-0.25, -0.2) is 19.5 Å². The van der Waals surface area contributed by atoms with Crippen molar-refractivity contribution in [3.8, 4) is 0 Å². The first-order valence-corrected chi connectivity index (χ1v) is 11.6. The number of anilines is 2. The number of urea groups is 1. The normalized spacial score (nSPS) is 16.1. The number of benzene rings is 2. The molecule has 0 saturated carbocycles. The SMILES string of the molecule is CN(C)c1ccc(C2NC(=O)N([C@@H](Cc3ccccc3)C(=O)Nc3nc(C(=O)O)cs3)C2=O)cc1. The average Bonchev–Trinajstić information content (AvgIpc) is 3.42. The summed E-state index contributed by atoms with van der Waals surface area (Å²) < 4.78 is 0. The zero-order valence-corrected chi connectivity index (χ0v) is 19.8. The smallest absolute Gasteiger partial charge is 0.355 e. The van der Waals surface area contributed by atoms with E-state index in [1.54, 1.807) is 36.4 Å². The molecule has 4 rings (SSSR count). The van der Waals surface area contributed by atoms with Crippen molar-refractivity contribution in [2.75, 3.05) is 24.3 Å². The maximum absolute atomic E-state index is 13.4. The highest BCUT2D eigenvalue weighted by Crippen LogP contribution is 2.27. The molecular weight excluding hydrogens is 470 g/mol. The van der Waals surface area contributed by atoms with Crippen LogP contribution in [-0.2, 0) is 16.0 Å². The lowest BCUT2D eigenvalue weighted by molar-refractivity contribution is -0.134. The van der Waals surface area contributed by atoms with Gasteiger partial charge >= 0.3 is 12.0 Å². The predicted octanol–water partition coefficient (Wildman–Crippen LogP) is 2.75. The Bertz CT molecular complexity index is 1260. The number of hydrogen-bond donors (Lipinski definition) is 3. The Balaban J connectivity index is 1.61. The van der Waals surface area contributed by atoms with Gasteiger partial charge in [0, 0.05) is 31.6 Å². The highest BCUT2D eigenvalue weighted by Gasteiger charge is 2.45. The molecule has 10 nitrogen and oxygen atoms in total. The first kappa shape index (κ1) is 23.9. The van der Waals surface area contributed by atoms with Crippen molar-refractivity contribution < 1.29 is 24.3 Å². The lowest BCUT2D eigenvalue weighted by Gasteiger charge is -2.24. The number of carbonyl (C=O) groups excluding carboxylic acids is 3. The maximum Gasteiger partial charge on any atom is 0.355 e. The molecule has 1 aromatic heterocycles. The molecule has 2 atom stereocenters. The minimum absolute atomic E-state index is 0.0633. The van der Waals surface area contributed by atoms with Crippen molar-refractivity contribution >= 4 is 46.0 Å². The van der Waals surface area contributed by atoms with Crippen LogP contribution in [0.25, 0.3) is 0 Å². The van der Waals surface area contributed by atoms with Gasteiger partial charge in [0.05, 0.1) is 0 Å². The van der Waals surface area contributed by atoms with E-state index in [0.29, 0.717) is 5.56 Å². The van der Waals surface area contributed by atoms with Gasteiger partial charge in [0.1, 0.15) is 12.1 Å². The molecule has 0 bridgehead atoms. The molecule has 1 aliphatic heterocycles. The van der Waals surface area contributed by atoms with Gasteiger partial charge in [-0.15, -0.1) is 11.3 Å². The number of hydrogen-bond acceptors (Lipinski definition) is 7. The number of nitrogens with one attached hydrogen (secondary N) is 2. The highest BCUT2D eigenvalue weighted by molar-refractivity contribution is 7.14. The molecule has 180 valence electrons. The van der Waals surface area contributed by atoms with Crippen LogP contribution >= 0.6 is 11.3 Å². The summed E-state index contributed by atoms with van der Waals surface area (Å²) in [6.45, 7) is 0. The number of amides is 4. The van der Waals surface area contributed by atoms with E-state index in [9.17, 15) is 19.2 Å². The number of carboxylic acids is 1. The molecule has 35 heavy (non-hydrogen) atoms. The Morgan fingerprint density at radius 2 is 1.83 bits per heavy atom. The molecule has 0 radical (unpaired) electrons. The Morgan fingerprint density at radius 3 is 2.43 bits per heavy atom. The van der Waals surface area contributed by atoms with E-state index in [1.807, 2.05) is 37.2 Å². The largest absolute Gasteiger partial charge is 0.476 e. The van der Waals surface area contributed by atoms with Crippen LogP contribution in [0, 0.1) is 0 Å². The molecule has 2 heterocycles. The third-order valence-electron chi connectivity index (χ3n) is 5.55. The Hall–Kier alpha value is -4.25. The van der Waals surface area contributed by atoms with Gasteiger partial charge in [-0.1, -0.05) is 42.5 Å². The van der Waals surface area contributed by atoms with Gasteiger partial charge in [-0.2, -0.15) is 0 Å². The summed E-state index contributed by atoms with van der Waals surface area (Å²) in [6, 6.07) is 13.4. The van der Waals surface area contributed by atoms with Gasteiger partial charge < -0.3 is 20.6 Å². The molecule has 1 saturated heterocycles. The van der Waals surface area contributed by atoms with Crippen molar-refractivity contribution in [1.29, 1.82) is 0 Å². The van der Waals surface area contributed by atoms with E-state index >= 15 is 0 Å². The molecule has 3 aromatic rings. The van der Waals surface area contributed by atoms with E-state index in [1.165, 1.54) is 5.38 Å². The summed E-state index contributed by atoms with van der Waals surface area (Å²) in [7, 11) is 3.79. The van der Waals surface area contributed by atoms with E-state index in [0.717, 1.165) is 27.5 Å². The van der Waals surface area contributed by atoms with E-state index in [-0.39, 0.29) is 17.2 Å². The van der Waals surface area contributed by atoms with Crippen molar-refractivity contribution in [1.82, 2.24) is 15.2 Å². The van der Waals surface area contributed by atoms with Crippen LogP contribution in [0.4, 0.5) is 15.6 Å². The highest BCUT2D eigenvalue weighted by atomic mass is 32.1. The maximum atomic E-state index is 13.4. The first-order chi connectivity index (χ1) is 16.7. The van der Waals surface area contributed by atoms with Crippen molar-refractivity contribution in [3.05, 3.63) is 76.8 Å². The Kier molecular flexibility index (Phi) is 6.78. The minimum Gasteiger partial charge on any atom is -0.476 e. The molecule has 3 N–H and O–H groups in total. The quantitative estimate of drug-likeness (QED) is 0.411. The summed E-state index contributed by atoms with van der Waals surface area (Å²) in [4.78, 5) is 57.4.